The maximum atomic E-state index is 6.07. The minimum atomic E-state index is 0.0817. The number of piperidine rings is 3. The van der Waals surface area contributed by atoms with Crippen LogP contribution in [0.25, 0.3) is 10.9 Å². The van der Waals surface area contributed by atoms with E-state index in [4.69, 9.17) is 9.47 Å². The first kappa shape index (κ1) is 16.8. The maximum Gasteiger partial charge on any atom is 0.119 e. The lowest BCUT2D eigenvalue weighted by molar-refractivity contribution is -0.0698. The minimum absolute atomic E-state index is 0.0817. The van der Waals surface area contributed by atoms with Gasteiger partial charge in [0.15, 0.2) is 0 Å². The van der Waals surface area contributed by atoms with Crippen molar-refractivity contribution < 1.29 is 9.47 Å². The number of rotatable bonds is 5. The lowest BCUT2D eigenvalue weighted by Gasteiger charge is -2.52. The number of benzene rings is 1. The van der Waals surface area contributed by atoms with E-state index >= 15 is 0 Å². The highest BCUT2D eigenvalue weighted by Gasteiger charge is 2.43. The van der Waals surface area contributed by atoms with Crippen LogP contribution in [0.1, 0.15) is 37.9 Å². The summed E-state index contributed by atoms with van der Waals surface area (Å²) in [6.45, 7) is 4.76. The predicted molar refractivity (Wildman–Crippen MR) is 99.9 cm³/mol. The van der Waals surface area contributed by atoms with Crippen LogP contribution in [-0.2, 0) is 4.74 Å². The summed E-state index contributed by atoms with van der Waals surface area (Å²) >= 11 is 0. The Labute approximate surface area is 150 Å². The van der Waals surface area contributed by atoms with E-state index in [2.05, 4.69) is 28.9 Å². The Balaban J connectivity index is 1.71. The smallest absolute Gasteiger partial charge is 0.119 e. The molecule has 5 rings (SSSR count). The molecule has 134 valence electrons. The highest BCUT2D eigenvalue weighted by molar-refractivity contribution is 5.84. The van der Waals surface area contributed by atoms with Crippen LogP contribution in [0.3, 0.4) is 0 Å². The van der Waals surface area contributed by atoms with Gasteiger partial charge >= 0.3 is 0 Å². The molecule has 0 N–H and O–H groups in total. The Morgan fingerprint density at radius 2 is 2.16 bits per heavy atom. The van der Waals surface area contributed by atoms with Gasteiger partial charge in [-0.3, -0.25) is 9.88 Å². The molecule has 3 aliphatic heterocycles. The van der Waals surface area contributed by atoms with Crippen LogP contribution >= 0.6 is 0 Å². The Morgan fingerprint density at radius 3 is 2.84 bits per heavy atom. The maximum absolute atomic E-state index is 6.07. The number of ether oxygens (including phenoxy) is 2. The van der Waals surface area contributed by atoms with Gasteiger partial charge < -0.3 is 9.47 Å². The van der Waals surface area contributed by atoms with Crippen molar-refractivity contribution in [3.63, 3.8) is 0 Å². The molecule has 0 radical (unpaired) electrons. The molecular formula is C21H28N2O2. The summed E-state index contributed by atoms with van der Waals surface area (Å²) in [5.41, 5.74) is 2.24. The quantitative estimate of drug-likeness (QED) is 0.822. The number of hydrogen-bond donors (Lipinski definition) is 0. The van der Waals surface area contributed by atoms with Gasteiger partial charge in [-0.05, 0) is 61.1 Å². The fourth-order valence-electron chi connectivity index (χ4n) is 4.97. The van der Waals surface area contributed by atoms with Gasteiger partial charge in [-0.1, -0.05) is 13.3 Å². The molecular weight excluding hydrogens is 312 g/mol. The third-order valence-corrected chi connectivity index (χ3v) is 6.35. The van der Waals surface area contributed by atoms with Gasteiger partial charge in [0.25, 0.3) is 0 Å². The van der Waals surface area contributed by atoms with Crippen LogP contribution in [0, 0.1) is 11.8 Å². The summed E-state index contributed by atoms with van der Waals surface area (Å²) < 4.78 is 11.5. The molecule has 1 aromatic carbocycles. The van der Waals surface area contributed by atoms with E-state index in [1.807, 2.05) is 25.4 Å². The van der Waals surface area contributed by atoms with Crippen molar-refractivity contribution in [1.82, 2.24) is 9.88 Å². The molecule has 2 aromatic rings. The standard InChI is InChI=1S/C21H28N2O2/c1-4-14-13-23-10-8-15(14)11-20(23)21(25-3)17-7-9-22-19-6-5-16(24-2)12-18(17)19/h5-7,9,12,14-15,20-21H,4,8,10-11,13H2,1-3H3/t14?,15-,20?,21-/m0/s1. The number of nitrogens with zero attached hydrogens (tertiary/aromatic N) is 2. The molecule has 4 heteroatoms. The third-order valence-electron chi connectivity index (χ3n) is 6.35. The largest absolute Gasteiger partial charge is 0.497 e. The van der Waals surface area contributed by atoms with Crippen molar-refractivity contribution in [1.29, 1.82) is 0 Å². The van der Waals surface area contributed by atoms with Gasteiger partial charge in [0.05, 0.1) is 18.7 Å². The molecule has 3 unspecified atom stereocenters. The summed E-state index contributed by atoms with van der Waals surface area (Å²) in [5, 5.41) is 1.14. The zero-order valence-corrected chi connectivity index (χ0v) is 15.4. The average Bonchev–Trinajstić information content (AvgIpc) is 2.68. The monoisotopic (exact) mass is 340 g/mol. The third kappa shape index (κ3) is 2.91. The Bertz CT molecular complexity index is 748. The van der Waals surface area contributed by atoms with Crippen molar-refractivity contribution in [2.75, 3.05) is 27.3 Å². The highest BCUT2D eigenvalue weighted by atomic mass is 16.5. The Morgan fingerprint density at radius 1 is 1.28 bits per heavy atom. The second kappa shape index (κ2) is 6.93. The first-order valence-electron chi connectivity index (χ1n) is 9.44. The number of pyridine rings is 1. The molecule has 4 heterocycles. The van der Waals surface area contributed by atoms with Crippen LogP contribution in [0.4, 0.5) is 0 Å². The lowest BCUT2D eigenvalue weighted by Crippen LogP contribution is -2.55. The van der Waals surface area contributed by atoms with Gasteiger partial charge in [0.2, 0.25) is 0 Å². The fourth-order valence-corrected chi connectivity index (χ4v) is 4.97. The first-order valence-corrected chi connectivity index (χ1v) is 9.44. The Hall–Kier alpha value is -1.65. The molecule has 2 bridgehead atoms. The number of hydrogen-bond acceptors (Lipinski definition) is 4. The van der Waals surface area contributed by atoms with E-state index in [0.29, 0.717) is 6.04 Å². The molecule has 1 aromatic heterocycles. The van der Waals surface area contributed by atoms with Crippen molar-refractivity contribution in [3.8, 4) is 5.75 Å². The van der Waals surface area contributed by atoms with Crippen LogP contribution in [0.2, 0.25) is 0 Å². The molecule has 3 saturated heterocycles. The van der Waals surface area contributed by atoms with Crippen LogP contribution in [-0.4, -0.2) is 43.2 Å². The van der Waals surface area contributed by atoms with E-state index in [-0.39, 0.29) is 6.10 Å². The van der Waals surface area contributed by atoms with Gasteiger partial charge in [0, 0.05) is 31.3 Å². The number of fused-ring (bicyclic) bond motifs is 4. The lowest BCUT2D eigenvalue weighted by atomic mass is 9.72. The van der Waals surface area contributed by atoms with Crippen LogP contribution in [0.5, 0.6) is 5.75 Å². The average molecular weight is 340 g/mol. The van der Waals surface area contributed by atoms with Crippen molar-refractivity contribution in [2.45, 2.75) is 38.3 Å². The van der Waals surface area contributed by atoms with Crippen molar-refractivity contribution >= 4 is 10.9 Å². The van der Waals surface area contributed by atoms with Gasteiger partial charge in [0.1, 0.15) is 5.75 Å². The zero-order valence-electron chi connectivity index (χ0n) is 15.4. The van der Waals surface area contributed by atoms with Crippen LogP contribution in [0.15, 0.2) is 30.5 Å². The topological polar surface area (TPSA) is 34.6 Å². The molecule has 0 amide bonds. The fraction of sp³-hybridized carbons (Fsp3) is 0.571. The second-order valence-electron chi connectivity index (χ2n) is 7.45. The van der Waals surface area contributed by atoms with Gasteiger partial charge in [-0.2, -0.15) is 0 Å². The molecule has 5 atom stereocenters. The predicted octanol–water partition coefficient (Wildman–Crippen LogP) is 4.05. The normalized spacial score (nSPS) is 29.7. The molecule has 4 nitrogen and oxygen atoms in total. The van der Waals surface area contributed by atoms with Crippen molar-refractivity contribution in [2.24, 2.45) is 11.8 Å². The molecule has 0 saturated carbocycles. The van der Waals surface area contributed by atoms with Crippen molar-refractivity contribution in [3.05, 3.63) is 36.0 Å². The molecule has 3 aliphatic rings. The molecule has 3 fully saturated rings. The second-order valence-corrected chi connectivity index (χ2v) is 7.45. The van der Waals surface area contributed by atoms with E-state index in [1.54, 1.807) is 7.11 Å². The first-order chi connectivity index (χ1) is 12.2. The molecule has 25 heavy (non-hydrogen) atoms. The van der Waals surface area contributed by atoms with E-state index in [0.717, 1.165) is 28.5 Å². The van der Waals surface area contributed by atoms with E-state index in [1.165, 1.54) is 37.9 Å². The zero-order chi connectivity index (χ0) is 17.4. The SMILES string of the molecule is CCC1CN2CC[C@H]1CC2[C@@H](OC)c1ccnc2ccc(OC)cc12. The number of methoxy groups -OCH3 is 2. The molecule has 0 spiro atoms. The summed E-state index contributed by atoms with van der Waals surface area (Å²) in [5.74, 6) is 2.57. The summed E-state index contributed by atoms with van der Waals surface area (Å²) in [4.78, 5) is 7.19. The van der Waals surface area contributed by atoms with Gasteiger partial charge in [-0.15, -0.1) is 0 Å². The summed E-state index contributed by atoms with van der Waals surface area (Å²) in [6.07, 6.45) is 5.86. The van der Waals surface area contributed by atoms with E-state index < -0.39 is 0 Å². The van der Waals surface area contributed by atoms with Gasteiger partial charge in [-0.25, -0.2) is 0 Å². The summed E-state index contributed by atoms with van der Waals surface area (Å²) in [6, 6.07) is 8.68. The molecule has 0 aliphatic carbocycles. The summed E-state index contributed by atoms with van der Waals surface area (Å²) in [7, 11) is 3.56. The Kier molecular flexibility index (Phi) is 4.65. The van der Waals surface area contributed by atoms with E-state index in [9.17, 15) is 0 Å². The number of aromatic nitrogens is 1. The highest BCUT2D eigenvalue weighted by Crippen LogP contribution is 2.43. The van der Waals surface area contributed by atoms with Crippen LogP contribution < -0.4 is 4.74 Å². The minimum Gasteiger partial charge on any atom is -0.497 e.